The molecule has 0 atom stereocenters. The quantitative estimate of drug-likeness (QED) is 0.596. The second kappa shape index (κ2) is 5.64. The minimum absolute atomic E-state index is 0.275. The van der Waals surface area contributed by atoms with Crippen LogP contribution in [0.4, 0.5) is 4.39 Å². The molecule has 0 aliphatic rings. The van der Waals surface area contributed by atoms with Crippen molar-refractivity contribution in [2.24, 2.45) is 0 Å². The summed E-state index contributed by atoms with van der Waals surface area (Å²) in [5.74, 6) is 2.24. The first-order valence-electron chi connectivity index (χ1n) is 4.32. The topological polar surface area (TPSA) is 12.0 Å². The Morgan fingerprint density at radius 3 is 3.00 bits per heavy atom. The zero-order valence-electron chi connectivity index (χ0n) is 7.69. The fourth-order valence-electron chi connectivity index (χ4n) is 1.06. The molecule has 0 heterocycles. The molecule has 0 saturated heterocycles. The molecule has 0 radical (unpaired) electrons. The molecule has 1 nitrogen and oxygen atoms in total. The molecule has 0 fully saturated rings. The van der Waals surface area contributed by atoms with E-state index in [1.165, 1.54) is 12.1 Å². The largest absolute Gasteiger partial charge is 0.312 e. The van der Waals surface area contributed by atoms with Gasteiger partial charge in [0, 0.05) is 24.5 Å². The summed E-state index contributed by atoms with van der Waals surface area (Å²) in [6.07, 6.45) is 5.75. The maximum absolute atomic E-state index is 12.8. The first-order chi connectivity index (χ1) is 6.74. The van der Waals surface area contributed by atoms with E-state index >= 15 is 0 Å². The lowest BCUT2D eigenvalue weighted by Gasteiger charge is -2.05. The van der Waals surface area contributed by atoms with Crippen LogP contribution in [-0.2, 0) is 6.54 Å². The summed E-state index contributed by atoms with van der Waals surface area (Å²) in [5, 5.41) is 3.65. The highest BCUT2D eigenvalue weighted by Gasteiger charge is 2.00. The lowest BCUT2D eigenvalue weighted by atomic mass is 10.2. The summed E-state index contributed by atoms with van der Waals surface area (Å²) in [6, 6.07) is 4.31. The van der Waals surface area contributed by atoms with Gasteiger partial charge in [-0.1, -0.05) is 11.6 Å². The van der Waals surface area contributed by atoms with Gasteiger partial charge in [-0.05, 0) is 23.8 Å². The average Bonchev–Trinajstić information content (AvgIpc) is 2.18. The van der Waals surface area contributed by atoms with Gasteiger partial charge in [0.1, 0.15) is 5.82 Å². The van der Waals surface area contributed by atoms with E-state index in [1.54, 1.807) is 6.07 Å². The van der Waals surface area contributed by atoms with Crippen LogP contribution in [0.25, 0.3) is 0 Å². The number of rotatable bonds is 4. The molecule has 0 bridgehead atoms. The number of hydrogen-bond donors (Lipinski definition) is 1. The maximum Gasteiger partial charge on any atom is 0.123 e. The highest BCUT2D eigenvalue weighted by Crippen LogP contribution is 2.16. The van der Waals surface area contributed by atoms with E-state index in [9.17, 15) is 4.39 Å². The van der Waals surface area contributed by atoms with Gasteiger partial charge in [0.05, 0.1) is 0 Å². The van der Waals surface area contributed by atoms with Gasteiger partial charge >= 0.3 is 0 Å². The van der Waals surface area contributed by atoms with Crippen molar-refractivity contribution in [2.45, 2.75) is 13.0 Å². The number of benzene rings is 1. The Morgan fingerprint density at radius 1 is 1.50 bits per heavy atom. The second-order valence-electron chi connectivity index (χ2n) is 2.87. The van der Waals surface area contributed by atoms with Gasteiger partial charge < -0.3 is 5.32 Å². The Labute approximate surface area is 88.3 Å². The van der Waals surface area contributed by atoms with E-state index in [0.29, 0.717) is 24.5 Å². The van der Waals surface area contributed by atoms with Crippen molar-refractivity contribution in [3.05, 3.63) is 34.6 Å². The van der Waals surface area contributed by atoms with Gasteiger partial charge in [-0.15, -0.1) is 12.3 Å². The third kappa shape index (κ3) is 3.37. The third-order valence-corrected chi connectivity index (χ3v) is 2.14. The van der Waals surface area contributed by atoms with Crippen molar-refractivity contribution in [2.75, 3.05) is 6.54 Å². The summed E-state index contributed by atoms with van der Waals surface area (Å²) in [7, 11) is 0. The fraction of sp³-hybridized carbons (Fsp3) is 0.273. The van der Waals surface area contributed by atoms with E-state index in [-0.39, 0.29) is 5.82 Å². The van der Waals surface area contributed by atoms with Crippen LogP contribution in [0.2, 0.25) is 5.02 Å². The van der Waals surface area contributed by atoms with Crippen molar-refractivity contribution in [3.63, 3.8) is 0 Å². The number of nitrogens with one attached hydrogen (secondary N) is 1. The monoisotopic (exact) mass is 211 g/mol. The van der Waals surface area contributed by atoms with Crippen LogP contribution in [-0.4, -0.2) is 6.54 Å². The Bertz CT molecular complexity index is 344. The van der Waals surface area contributed by atoms with Crippen LogP contribution in [0.3, 0.4) is 0 Å². The van der Waals surface area contributed by atoms with Gasteiger partial charge in [0.2, 0.25) is 0 Å². The van der Waals surface area contributed by atoms with Crippen molar-refractivity contribution in [3.8, 4) is 12.3 Å². The highest BCUT2D eigenvalue weighted by atomic mass is 35.5. The molecule has 0 spiro atoms. The van der Waals surface area contributed by atoms with Crippen LogP contribution in [0.5, 0.6) is 0 Å². The van der Waals surface area contributed by atoms with Crippen LogP contribution >= 0.6 is 11.6 Å². The molecule has 1 rings (SSSR count). The molecule has 1 N–H and O–H groups in total. The van der Waals surface area contributed by atoms with E-state index in [2.05, 4.69) is 11.2 Å². The van der Waals surface area contributed by atoms with Crippen molar-refractivity contribution >= 4 is 11.6 Å². The summed E-state index contributed by atoms with van der Waals surface area (Å²) >= 11 is 5.86. The zero-order valence-corrected chi connectivity index (χ0v) is 8.44. The molecule has 0 aromatic heterocycles. The first kappa shape index (κ1) is 11.0. The molecule has 3 heteroatoms. The SMILES string of the molecule is C#CCCNCc1cc(F)ccc1Cl. The Balaban J connectivity index is 2.50. The van der Waals surface area contributed by atoms with E-state index in [1.807, 2.05) is 0 Å². The molecular weight excluding hydrogens is 201 g/mol. The number of terminal acetylenes is 1. The number of hydrogen-bond acceptors (Lipinski definition) is 1. The second-order valence-corrected chi connectivity index (χ2v) is 3.27. The summed E-state index contributed by atoms with van der Waals surface area (Å²) in [5.41, 5.74) is 0.753. The maximum atomic E-state index is 12.8. The zero-order chi connectivity index (χ0) is 10.4. The fourth-order valence-corrected chi connectivity index (χ4v) is 1.25. The van der Waals surface area contributed by atoms with Crippen LogP contribution in [0.1, 0.15) is 12.0 Å². The van der Waals surface area contributed by atoms with E-state index in [4.69, 9.17) is 18.0 Å². The molecule has 74 valence electrons. The molecule has 14 heavy (non-hydrogen) atoms. The van der Waals surface area contributed by atoms with Crippen LogP contribution in [0.15, 0.2) is 18.2 Å². The summed E-state index contributed by atoms with van der Waals surface area (Å²) in [4.78, 5) is 0. The van der Waals surface area contributed by atoms with Crippen molar-refractivity contribution < 1.29 is 4.39 Å². The average molecular weight is 212 g/mol. The Kier molecular flexibility index (Phi) is 4.45. The minimum Gasteiger partial charge on any atom is -0.312 e. The molecule has 0 unspecified atom stereocenters. The van der Waals surface area contributed by atoms with E-state index in [0.717, 1.165) is 5.56 Å². The highest BCUT2D eigenvalue weighted by molar-refractivity contribution is 6.31. The number of halogens is 2. The molecule has 1 aromatic rings. The molecule has 0 aliphatic carbocycles. The first-order valence-corrected chi connectivity index (χ1v) is 4.70. The third-order valence-electron chi connectivity index (χ3n) is 1.77. The Morgan fingerprint density at radius 2 is 2.29 bits per heavy atom. The Hall–Kier alpha value is -1.04. The minimum atomic E-state index is -0.275. The van der Waals surface area contributed by atoms with Gasteiger partial charge in [-0.25, -0.2) is 4.39 Å². The molecular formula is C11H11ClFN. The van der Waals surface area contributed by atoms with E-state index < -0.39 is 0 Å². The molecule has 0 amide bonds. The van der Waals surface area contributed by atoms with Crippen LogP contribution in [0, 0.1) is 18.2 Å². The van der Waals surface area contributed by atoms with Crippen LogP contribution < -0.4 is 5.32 Å². The molecule has 0 aliphatic heterocycles. The predicted octanol–water partition coefficient (Wildman–Crippen LogP) is 2.59. The smallest absolute Gasteiger partial charge is 0.123 e. The summed E-state index contributed by atoms with van der Waals surface area (Å²) < 4.78 is 12.8. The molecule has 1 aromatic carbocycles. The standard InChI is InChI=1S/C11H11ClFN/c1-2-3-6-14-8-9-7-10(13)4-5-11(9)12/h1,4-5,7,14H,3,6,8H2. The molecule has 0 saturated carbocycles. The predicted molar refractivity (Wildman–Crippen MR) is 56.6 cm³/mol. The normalized spacial score (nSPS) is 9.79. The van der Waals surface area contributed by atoms with Gasteiger partial charge in [-0.3, -0.25) is 0 Å². The van der Waals surface area contributed by atoms with Gasteiger partial charge in [-0.2, -0.15) is 0 Å². The summed E-state index contributed by atoms with van der Waals surface area (Å²) in [6.45, 7) is 1.25. The van der Waals surface area contributed by atoms with Crippen molar-refractivity contribution in [1.29, 1.82) is 0 Å². The lowest BCUT2D eigenvalue weighted by Crippen LogP contribution is -2.14. The van der Waals surface area contributed by atoms with Crippen molar-refractivity contribution in [1.82, 2.24) is 5.32 Å². The van der Waals surface area contributed by atoms with Gasteiger partial charge in [0.25, 0.3) is 0 Å². The lowest BCUT2D eigenvalue weighted by molar-refractivity contribution is 0.621. The van der Waals surface area contributed by atoms with Gasteiger partial charge in [0.15, 0.2) is 0 Å².